The first-order valence-electron chi connectivity index (χ1n) is 5.37. The minimum absolute atomic E-state index is 0.459. The molecule has 2 aromatic heterocycles. The van der Waals surface area contributed by atoms with Crippen LogP contribution in [-0.4, -0.2) is 20.7 Å². The fraction of sp³-hybridized carbons (Fsp3) is 0.455. The van der Waals surface area contributed by atoms with Crippen molar-refractivity contribution in [2.24, 2.45) is 0 Å². The van der Waals surface area contributed by atoms with Crippen molar-refractivity contribution in [3.05, 3.63) is 36.2 Å². The molecule has 0 spiro atoms. The predicted molar refractivity (Wildman–Crippen MR) is 59.8 cm³/mol. The van der Waals surface area contributed by atoms with Crippen LogP contribution in [0.3, 0.4) is 0 Å². The van der Waals surface area contributed by atoms with Crippen molar-refractivity contribution in [2.45, 2.75) is 33.0 Å². The molecule has 0 amide bonds. The van der Waals surface area contributed by atoms with Gasteiger partial charge in [-0.15, -0.1) is 0 Å². The van der Waals surface area contributed by atoms with E-state index < -0.39 is 0 Å². The van der Waals surface area contributed by atoms with Crippen molar-refractivity contribution >= 4 is 0 Å². The van der Waals surface area contributed by atoms with E-state index in [0.29, 0.717) is 6.04 Å². The molecule has 86 valence electrons. The van der Waals surface area contributed by atoms with Crippen LogP contribution in [0.2, 0.25) is 0 Å². The first kappa shape index (κ1) is 10.9. The van der Waals surface area contributed by atoms with Crippen molar-refractivity contribution in [1.82, 2.24) is 20.0 Å². The summed E-state index contributed by atoms with van der Waals surface area (Å²) in [4.78, 5) is 4.32. The summed E-state index contributed by atoms with van der Waals surface area (Å²) < 4.78 is 6.89. The van der Waals surface area contributed by atoms with Gasteiger partial charge in [0.25, 0.3) is 0 Å². The summed E-state index contributed by atoms with van der Waals surface area (Å²) in [7, 11) is 0. The zero-order chi connectivity index (χ0) is 11.4. The van der Waals surface area contributed by atoms with Crippen molar-refractivity contribution < 1.29 is 4.52 Å². The summed E-state index contributed by atoms with van der Waals surface area (Å²) in [6, 6.07) is 0.459. The molecule has 0 aliphatic carbocycles. The first-order valence-corrected chi connectivity index (χ1v) is 5.37. The lowest BCUT2D eigenvalue weighted by molar-refractivity contribution is 0.418. The van der Waals surface area contributed by atoms with Crippen LogP contribution >= 0.6 is 0 Å². The van der Waals surface area contributed by atoms with Crippen molar-refractivity contribution in [2.75, 3.05) is 0 Å². The number of nitrogens with one attached hydrogen (secondary N) is 1. The van der Waals surface area contributed by atoms with Crippen molar-refractivity contribution in [3.63, 3.8) is 0 Å². The number of hydrogen-bond acceptors (Lipinski definition) is 4. The Hall–Kier alpha value is -1.62. The molecule has 0 saturated carbocycles. The minimum Gasteiger partial charge on any atom is -0.364 e. The highest BCUT2D eigenvalue weighted by Gasteiger charge is 2.05. The number of hydrogen-bond donors (Lipinski definition) is 1. The maximum Gasteiger partial charge on any atom is 0.128 e. The molecular formula is C11H16N4O. The van der Waals surface area contributed by atoms with E-state index in [0.717, 1.165) is 24.5 Å². The van der Waals surface area contributed by atoms with Crippen LogP contribution in [0.4, 0.5) is 0 Å². The third-order valence-corrected chi connectivity index (χ3v) is 2.31. The zero-order valence-electron chi connectivity index (χ0n) is 9.55. The minimum atomic E-state index is 0.459. The number of imidazole rings is 1. The Morgan fingerprint density at radius 3 is 3.06 bits per heavy atom. The van der Waals surface area contributed by atoms with Crippen LogP contribution in [-0.2, 0) is 13.1 Å². The lowest BCUT2D eigenvalue weighted by atomic mass is 10.3. The van der Waals surface area contributed by atoms with Gasteiger partial charge in [0.1, 0.15) is 12.1 Å². The molecule has 0 aromatic carbocycles. The average molecular weight is 220 g/mol. The summed E-state index contributed by atoms with van der Waals surface area (Å²) in [5.41, 5.74) is 1.05. The normalized spacial score (nSPS) is 11.2. The summed E-state index contributed by atoms with van der Waals surface area (Å²) in [6.07, 6.45) is 7.15. The Balaban J connectivity index is 2.01. The molecule has 0 aliphatic rings. The molecule has 0 fully saturated rings. The van der Waals surface area contributed by atoms with Crippen LogP contribution in [0.5, 0.6) is 0 Å². The predicted octanol–water partition coefficient (Wildman–Crippen LogP) is 1.42. The van der Waals surface area contributed by atoms with E-state index in [1.807, 2.05) is 12.4 Å². The van der Waals surface area contributed by atoms with Crippen LogP contribution in [0.25, 0.3) is 0 Å². The van der Waals surface area contributed by atoms with Gasteiger partial charge in [-0.1, -0.05) is 19.0 Å². The third kappa shape index (κ3) is 2.70. The molecule has 0 unspecified atom stereocenters. The van der Waals surface area contributed by atoms with Crippen LogP contribution in [0, 0.1) is 0 Å². The largest absolute Gasteiger partial charge is 0.364 e. The quantitative estimate of drug-likeness (QED) is 0.828. The van der Waals surface area contributed by atoms with Gasteiger partial charge in [-0.25, -0.2) is 4.98 Å². The van der Waals surface area contributed by atoms with E-state index in [1.54, 1.807) is 12.5 Å². The summed E-state index contributed by atoms with van der Waals surface area (Å²) in [5.74, 6) is 1.02. The van der Waals surface area contributed by atoms with Crippen molar-refractivity contribution in [1.29, 1.82) is 0 Å². The van der Waals surface area contributed by atoms with E-state index in [4.69, 9.17) is 4.52 Å². The average Bonchev–Trinajstić information content (AvgIpc) is 2.87. The molecule has 2 rings (SSSR count). The van der Waals surface area contributed by atoms with Crippen molar-refractivity contribution in [3.8, 4) is 0 Å². The molecular weight excluding hydrogens is 204 g/mol. The van der Waals surface area contributed by atoms with Crippen LogP contribution in [0.15, 0.2) is 29.4 Å². The molecule has 2 heterocycles. The van der Waals surface area contributed by atoms with E-state index in [1.165, 1.54) is 0 Å². The molecule has 0 bridgehead atoms. The number of aromatic nitrogens is 3. The van der Waals surface area contributed by atoms with Gasteiger partial charge >= 0.3 is 0 Å². The highest BCUT2D eigenvalue weighted by Crippen LogP contribution is 2.04. The Labute approximate surface area is 94.5 Å². The zero-order valence-corrected chi connectivity index (χ0v) is 9.55. The second-order valence-corrected chi connectivity index (χ2v) is 4.04. The smallest absolute Gasteiger partial charge is 0.128 e. The highest BCUT2D eigenvalue weighted by molar-refractivity contribution is 5.04. The second-order valence-electron chi connectivity index (χ2n) is 4.04. The third-order valence-electron chi connectivity index (χ3n) is 2.31. The molecule has 1 N–H and O–H groups in total. The Bertz CT molecular complexity index is 419. The molecule has 0 atom stereocenters. The fourth-order valence-electron chi connectivity index (χ4n) is 1.45. The molecule has 0 aliphatic heterocycles. The van der Waals surface area contributed by atoms with Gasteiger partial charge in [0.2, 0.25) is 0 Å². The topological polar surface area (TPSA) is 55.9 Å². The molecule has 0 radical (unpaired) electrons. The number of nitrogens with zero attached hydrogens (tertiary/aromatic N) is 3. The first-order chi connectivity index (χ1) is 7.75. The lowest BCUT2D eigenvalue weighted by Crippen LogP contribution is -2.24. The van der Waals surface area contributed by atoms with Gasteiger partial charge in [0.05, 0.1) is 19.3 Å². The molecule has 5 heteroatoms. The maximum atomic E-state index is 4.80. The molecule has 2 aromatic rings. The molecule has 16 heavy (non-hydrogen) atoms. The Morgan fingerprint density at radius 2 is 2.38 bits per heavy atom. The van der Waals surface area contributed by atoms with Gasteiger partial charge in [-0.05, 0) is 0 Å². The van der Waals surface area contributed by atoms with Crippen LogP contribution in [0.1, 0.15) is 25.2 Å². The lowest BCUT2D eigenvalue weighted by Gasteiger charge is -2.09. The van der Waals surface area contributed by atoms with Gasteiger partial charge in [0.15, 0.2) is 0 Å². The highest BCUT2D eigenvalue weighted by atomic mass is 16.5. The molecule has 5 nitrogen and oxygen atoms in total. The van der Waals surface area contributed by atoms with E-state index >= 15 is 0 Å². The Kier molecular flexibility index (Phi) is 3.36. The Morgan fingerprint density at radius 1 is 1.50 bits per heavy atom. The monoisotopic (exact) mass is 220 g/mol. The van der Waals surface area contributed by atoms with Gasteiger partial charge in [0, 0.05) is 24.0 Å². The van der Waals surface area contributed by atoms with Gasteiger partial charge in [-0.3, -0.25) is 0 Å². The van der Waals surface area contributed by atoms with Gasteiger partial charge < -0.3 is 14.4 Å². The maximum absolute atomic E-state index is 4.80. The standard InChI is InChI=1S/C11H16N4O/c1-9(2)13-6-11-12-3-4-15(11)7-10-5-14-16-8-10/h3-5,8-9,13H,6-7H2,1-2H3. The molecule has 0 saturated heterocycles. The van der Waals surface area contributed by atoms with E-state index in [2.05, 4.69) is 33.9 Å². The second kappa shape index (κ2) is 4.94. The fourth-order valence-corrected chi connectivity index (χ4v) is 1.45. The summed E-state index contributed by atoms with van der Waals surface area (Å²) in [6.45, 7) is 5.76. The SMILES string of the molecule is CC(C)NCc1nccn1Cc1cnoc1. The van der Waals surface area contributed by atoms with E-state index in [-0.39, 0.29) is 0 Å². The number of rotatable bonds is 5. The summed E-state index contributed by atoms with van der Waals surface area (Å²) >= 11 is 0. The van der Waals surface area contributed by atoms with E-state index in [9.17, 15) is 0 Å². The summed E-state index contributed by atoms with van der Waals surface area (Å²) in [5, 5.41) is 7.03. The van der Waals surface area contributed by atoms with Crippen LogP contribution < -0.4 is 5.32 Å². The van der Waals surface area contributed by atoms with Gasteiger partial charge in [-0.2, -0.15) is 0 Å².